The van der Waals surface area contributed by atoms with Gasteiger partial charge in [-0.15, -0.1) is 0 Å². The molecular formula is C19H24N4O2. The third kappa shape index (κ3) is 4.68. The number of anilines is 1. The zero-order valence-corrected chi connectivity index (χ0v) is 14.6. The molecule has 1 fully saturated rings. The van der Waals surface area contributed by atoms with Crippen molar-refractivity contribution in [2.45, 2.75) is 32.2 Å². The SMILES string of the molecule is COc1ccc(CNc2ncc(C(=O)N3CCCCCC3)cn2)cc1. The van der Waals surface area contributed by atoms with E-state index in [0.29, 0.717) is 18.1 Å². The van der Waals surface area contributed by atoms with E-state index in [2.05, 4.69) is 15.3 Å². The average Bonchev–Trinajstić information content (AvgIpc) is 2.96. The molecule has 0 spiro atoms. The number of nitrogens with one attached hydrogen (secondary N) is 1. The minimum atomic E-state index is 0.0311. The molecule has 0 radical (unpaired) electrons. The highest BCUT2D eigenvalue weighted by Gasteiger charge is 2.17. The first-order valence-electron chi connectivity index (χ1n) is 8.74. The van der Waals surface area contributed by atoms with Gasteiger partial charge in [-0.05, 0) is 30.5 Å². The molecule has 1 aromatic carbocycles. The van der Waals surface area contributed by atoms with Crippen molar-refractivity contribution in [2.24, 2.45) is 0 Å². The summed E-state index contributed by atoms with van der Waals surface area (Å²) in [4.78, 5) is 23.0. The molecule has 3 rings (SSSR count). The number of carbonyl (C=O) groups is 1. The van der Waals surface area contributed by atoms with Crippen LogP contribution in [0.4, 0.5) is 5.95 Å². The number of benzene rings is 1. The molecule has 2 heterocycles. The molecule has 1 aliphatic heterocycles. The maximum absolute atomic E-state index is 12.5. The van der Waals surface area contributed by atoms with Gasteiger partial charge in [0.15, 0.2) is 0 Å². The van der Waals surface area contributed by atoms with Crippen LogP contribution in [-0.4, -0.2) is 41.0 Å². The maximum atomic E-state index is 12.5. The number of likely N-dealkylation sites (tertiary alicyclic amines) is 1. The average molecular weight is 340 g/mol. The summed E-state index contributed by atoms with van der Waals surface area (Å²) in [6, 6.07) is 7.81. The summed E-state index contributed by atoms with van der Waals surface area (Å²) in [5.41, 5.74) is 1.66. The Hall–Kier alpha value is -2.63. The molecule has 6 nitrogen and oxygen atoms in total. The molecule has 6 heteroatoms. The molecule has 1 saturated heterocycles. The second-order valence-corrected chi connectivity index (χ2v) is 6.20. The van der Waals surface area contributed by atoms with Crippen LogP contribution in [0, 0.1) is 0 Å². The summed E-state index contributed by atoms with van der Waals surface area (Å²) in [5.74, 6) is 1.38. The molecule has 2 aromatic rings. The van der Waals surface area contributed by atoms with Crippen molar-refractivity contribution < 1.29 is 9.53 Å². The van der Waals surface area contributed by atoms with Crippen LogP contribution in [0.5, 0.6) is 5.75 Å². The van der Waals surface area contributed by atoms with Gasteiger partial charge in [0.05, 0.1) is 12.7 Å². The van der Waals surface area contributed by atoms with E-state index in [-0.39, 0.29) is 5.91 Å². The van der Waals surface area contributed by atoms with Crippen molar-refractivity contribution in [3.63, 3.8) is 0 Å². The van der Waals surface area contributed by atoms with Gasteiger partial charge in [0.1, 0.15) is 5.75 Å². The normalized spacial score (nSPS) is 14.7. The largest absolute Gasteiger partial charge is 0.497 e. The van der Waals surface area contributed by atoms with Crippen LogP contribution in [0.1, 0.15) is 41.6 Å². The standard InChI is InChI=1S/C19H24N4O2/c1-25-17-8-6-15(7-9-17)12-20-19-21-13-16(14-22-19)18(24)23-10-4-2-3-5-11-23/h6-9,13-14H,2-5,10-12H2,1H3,(H,20,21,22). The Morgan fingerprint density at radius 3 is 2.32 bits per heavy atom. The molecule has 25 heavy (non-hydrogen) atoms. The van der Waals surface area contributed by atoms with Crippen LogP contribution in [0.15, 0.2) is 36.7 Å². The fourth-order valence-corrected chi connectivity index (χ4v) is 2.91. The van der Waals surface area contributed by atoms with Crippen LogP contribution in [0.3, 0.4) is 0 Å². The summed E-state index contributed by atoms with van der Waals surface area (Å²) >= 11 is 0. The zero-order chi connectivity index (χ0) is 17.5. The van der Waals surface area contributed by atoms with Gasteiger partial charge in [-0.2, -0.15) is 0 Å². The van der Waals surface area contributed by atoms with Crippen molar-refractivity contribution in [2.75, 3.05) is 25.5 Å². The highest BCUT2D eigenvalue weighted by atomic mass is 16.5. The Labute approximate surface area is 148 Å². The number of methoxy groups -OCH3 is 1. The van der Waals surface area contributed by atoms with E-state index in [4.69, 9.17) is 4.74 Å². The van der Waals surface area contributed by atoms with Gasteiger partial charge in [-0.25, -0.2) is 9.97 Å². The number of hydrogen-bond donors (Lipinski definition) is 1. The van der Waals surface area contributed by atoms with Crippen molar-refractivity contribution in [3.05, 3.63) is 47.8 Å². The molecule has 1 amide bonds. The van der Waals surface area contributed by atoms with Crippen molar-refractivity contribution in [3.8, 4) is 5.75 Å². The highest BCUT2D eigenvalue weighted by Crippen LogP contribution is 2.14. The second-order valence-electron chi connectivity index (χ2n) is 6.20. The molecule has 0 bridgehead atoms. The molecule has 1 aromatic heterocycles. The van der Waals surface area contributed by atoms with Gasteiger partial charge in [0.25, 0.3) is 5.91 Å². The van der Waals surface area contributed by atoms with E-state index in [9.17, 15) is 4.79 Å². The Morgan fingerprint density at radius 2 is 1.72 bits per heavy atom. The Morgan fingerprint density at radius 1 is 1.08 bits per heavy atom. The van der Waals surface area contributed by atoms with E-state index in [1.807, 2.05) is 29.2 Å². The van der Waals surface area contributed by atoms with Crippen molar-refractivity contribution >= 4 is 11.9 Å². The molecule has 132 valence electrons. The molecule has 0 saturated carbocycles. The third-order valence-corrected chi connectivity index (χ3v) is 4.40. The zero-order valence-electron chi connectivity index (χ0n) is 14.6. The predicted octanol–water partition coefficient (Wildman–Crippen LogP) is 3.11. The van der Waals surface area contributed by atoms with Crippen LogP contribution < -0.4 is 10.1 Å². The van der Waals surface area contributed by atoms with Gasteiger partial charge in [0, 0.05) is 32.0 Å². The molecule has 0 unspecified atom stereocenters. The lowest BCUT2D eigenvalue weighted by Crippen LogP contribution is -2.32. The highest BCUT2D eigenvalue weighted by molar-refractivity contribution is 5.93. The molecule has 0 aliphatic carbocycles. The van der Waals surface area contributed by atoms with Crippen LogP contribution in [0.2, 0.25) is 0 Å². The summed E-state index contributed by atoms with van der Waals surface area (Å²) in [6.07, 6.45) is 7.78. The van der Waals surface area contributed by atoms with Crippen molar-refractivity contribution in [1.29, 1.82) is 0 Å². The summed E-state index contributed by atoms with van der Waals surface area (Å²) in [5, 5.41) is 3.17. The van der Waals surface area contributed by atoms with E-state index in [0.717, 1.165) is 37.2 Å². The first-order valence-corrected chi connectivity index (χ1v) is 8.74. The van der Waals surface area contributed by atoms with Crippen LogP contribution in [0.25, 0.3) is 0 Å². The van der Waals surface area contributed by atoms with Gasteiger partial charge >= 0.3 is 0 Å². The minimum absolute atomic E-state index is 0.0311. The van der Waals surface area contributed by atoms with Gasteiger partial charge in [-0.1, -0.05) is 25.0 Å². The van der Waals surface area contributed by atoms with Gasteiger partial charge < -0.3 is 15.0 Å². The molecule has 0 atom stereocenters. The number of carbonyl (C=O) groups excluding carboxylic acids is 1. The Balaban J connectivity index is 1.56. The van der Waals surface area contributed by atoms with Crippen molar-refractivity contribution in [1.82, 2.24) is 14.9 Å². The Bertz CT molecular complexity index is 678. The smallest absolute Gasteiger partial charge is 0.256 e. The molecule has 1 aliphatic rings. The lowest BCUT2D eigenvalue weighted by atomic mass is 10.2. The fraction of sp³-hybridized carbons (Fsp3) is 0.421. The minimum Gasteiger partial charge on any atom is -0.497 e. The van der Waals surface area contributed by atoms with Crippen LogP contribution in [-0.2, 0) is 6.54 Å². The molecule has 1 N–H and O–H groups in total. The number of ether oxygens (including phenoxy) is 1. The quantitative estimate of drug-likeness (QED) is 0.906. The predicted molar refractivity (Wildman–Crippen MR) is 96.7 cm³/mol. The number of aromatic nitrogens is 2. The number of amides is 1. The lowest BCUT2D eigenvalue weighted by Gasteiger charge is -2.19. The first kappa shape index (κ1) is 17.2. The maximum Gasteiger partial charge on any atom is 0.256 e. The summed E-state index contributed by atoms with van der Waals surface area (Å²) < 4.78 is 5.14. The van der Waals surface area contributed by atoms with E-state index < -0.39 is 0 Å². The lowest BCUT2D eigenvalue weighted by molar-refractivity contribution is 0.0761. The van der Waals surface area contributed by atoms with E-state index >= 15 is 0 Å². The first-order chi connectivity index (χ1) is 12.3. The number of rotatable bonds is 5. The Kier molecular flexibility index (Phi) is 5.82. The summed E-state index contributed by atoms with van der Waals surface area (Å²) in [6.45, 7) is 2.27. The third-order valence-electron chi connectivity index (χ3n) is 4.40. The van der Waals surface area contributed by atoms with Crippen LogP contribution >= 0.6 is 0 Å². The van der Waals surface area contributed by atoms with Gasteiger partial charge in [0.2, 0.25) is 5.95 Å². The number of hydrogen-bond acceptors (Lipinski definition) is 5. The fourth-order valence-electron chi connectivity index (χ4n) is 2.91. The monoisotopic (exact) mass is 340 g/mol. The number of nitrogens with zero attached hydrogens (tertiary/aromatic N) is 3. The van der Waals surface area contributed by atoms with Gasteiger partial charge in [-0.3, -0.25) is 4.79 Å². The van der Waals surface area contributed by atoms with E-state index in [1.54, 1.807) is 19.5 Å². The molecular weight excluding hydrogens is 316 g/mol. The topological polar surface area (TPSA) is 67.3 Å². The summed E-state index contributed by atoms with van der Waals surface area (Å²) in [7, 11) is 1.65. The second kappa shape index (κ2) is 8.46. The van der Waals surface area contributed by atoms with E-state index in [1.165, 1.54) is 12.8 Å².